The van der Waals surface area contributed by atoms with Gasteiger partial charge in [0, 0.05) is 36.6 Å². The van der Waals surface area contributed by atoms with Crippen molar-refractivity contribution < 1.29 is 22.8 Å². The van der Waals surface area contributed by atoms with Gasteiger partial charge in [0.25, 0.3) is 0 Å². The standard InChI is InChI=1S/C26H31F3N6O2/c27-26(28,29)19-7-5-16(6-8-19)10-22(35-24(37)20(32)12-25(33,14-30)15-31)23(36)11-17-9-18-3-1-2-4-21(18)34-13-17/h1-9,13,20,22H,10-12,14-15,30-33H2,(H,35,37)/t20-,22+/m0/s1. The fourth-order valence-electron chi connectivity index (χ4n) is 3.91. The third-order valence-corrected chi connectivity index (χ3v) is 6.23. The van der Waals surface area contributed by atoms with E-state index in [1.165, 1.54) is 12.1 Å². The Balaban J connectivity index is 1.81. The van der Waals surface area contributed by atoms with Crippen LogP contribution in [-0.4, -0.2) is 47.4 Å². The Morgan fingerprint density at radius 2 is 1.62 bits per heavy atom. The van der Waals surface area contributed by atoms with Crippen LogP contribution >= 0.6 is 0 Å². The highest BCUT2D eigenvalue weighted by atomic mass is 19.4. The fraction of sp³-hybridized carbons (Fsp3) is 0.346. The molecule has 0 aliphatic heterocycles. The van der Waals surface area contributed by atoms with E-state index < -0.39 is 35.3 Å². The lowest BCUT2D eigenvalue weighted by molar-refractivity contribution is -0.137. The number of nitrogens with one attached hydrogen (secondary N) is 1. The number of benzene rings is 2. The van der Waals surface area contributed by atoms with Gasteiger partial charge in [-0.1, -0.05) is 30.3 Å². The molecule has 0 spiro atoms. The number of para-hydroxylation sites is 1. The van der Waals surface area contributed by atoms with Crippen molar-refractivity contribution in [3.63, 3.8) is 0 Å². The smallest absolute Gasteiger partial charge is 0.345 e. The van der Waals surface area contributed by atoms with Crippen LogP contribution in [0.25, 0.3) is 10.9 Å². The van der Waals surface area contributed by atoms with Gasteiger partial charge in [-0.2, -0.15) is 13.2 Å². The summed E-state index contributed by atoms with van der Waals surface area (Å²) in [4.78, 5) is 30.5. The highest BCUT2D eigenvalue weighted by Crippen LogP contribution is 2.29. The van der Waals surface area contributed by atoms with Gasteiger partial charge in [-0.3, -0.25) is 14.6 Å². The van der Waals surface area contributed by atoms with Crippen LogP contribution < -0.4 is 28.3 Å². The summed E-state index contributed by atoms with van der Waals surface area (Å²) in [6.07, 6.45) is -3.00. The number of fused-ring (bicyclic) bond motifs is 1. The molecule has 0 unspecified atom stereocenters. The molecule has 0 bridgehead atoms. The second kappa shape index (κ2) is 11.8. The number of halogens is 3. The van der Waals surface area contributed by atoms with E-state index in [9.17, 15) is 22.8 Å². The minimum Gasteiger partial charge on any atom is -0.345 e. The zero-order chi connectivity index (χ0) is 27.2. The minimum atomic E-state index is -4.49. The first-order chi connectivity index (χ1) is 17.4. The molecular weight excluding hydrogens is 485 g/mol. The van der Waals surface area contributed by atoms with Gasteiger partial charge < -0.3 is 28.3 Å². The quantitative estimate of drug-likeness (QED) is 0.257. The van der Waals surface area contributed by atoms with Crippen LogP contribution in [0, 0.1) is 0 Å². The summed E-state index contributed by atoms with van der Waals surface area (Å²) in [5, 5.41) is 3.49. The maximum Gasteiger partial charge on any atom is 0.416 e. The van der Waals surface area contributed by atoms with Crippen LogP contribution in [0.5, 0.6) is 0 Å². The molecule has 37 heavy (non-hydrogen) atoms. The van der Waals surface area contributed by atoms with Crippen molar-refractivity contribution in [2.24, 2.45) is 22.9 Å². The number of hydrogen-bond acceptors (Lipinski definition) is 7. The summed E-state index contributed by atoms with van der Waals surface area (Å²) in [7, 11) is 0. The van der Waals surface area contributed by atoms with Gasteiger partial charge in [-0.25, -0.2) is 0 Å². The van der Waals surface area contributed by atoms with Gasteiger partial charge in [0.05, 0.1) is 23.2 Å². The normalized spacial score (nSPS) is 13.8. The number of nitrogens with two attached hydrogens (primary N) is 4. The van der Waals surface area contributed by atoms with Gasteiger partial charge in [0.2, 0.25) is 5.91 Å². The van der Waals surface area contributed by atoms with Gasteiger partial charge in [0.15, 0.2) is 5.78 Å². The van der Waals surface area contributed by atoms with Gasteiger partial charge in [0.1, 0.15) is 0 Å². The number of Topliss-reactive ketones (excluding diaryl/α,β-unsaturated/α-hetero) is 1. The van der Waals surface area contributed by atoms with Gasteiger partial charge in [-0.05, 0) is 48.2 Å². The molecule has 2 atom stereocenters. The van der Waals surface area contributed by atoms with Crippen LogP contribution in [0.1, 0.15) is 23.1 Å². The maximum atomic E-state index is 13.3. The van der Waals surface area contributed by atoms with E-state index >= 15 is 0 Å². The Bertz CT molecular complexity index is 1230. The molecule has 11 heteroatoms. The van der Waals surface area contributed by atoms with E-state index in [1.54, 1.807) is 6.20 Å². The molecule has 1 aromatic heterocycles. The first-order valence-corrected chi connectivity index (χ1v) is 11.7. The monoisotopic (exact) mass is 516 g/mol. The highest BCUT2D eigenvalue weighted by molar-refractivity contribution is 5.92. The van der Waals surface area contributed by atoms with Crippen LogP contribution in [0.2, 0.25) is 0 Å². The number of nitrogens with zero attached hydrogens (tertiary/aromatic N) is 1. The van der Waals surface area contributed by atoms with Crippen molar-refractivity contribution in [2.45, 2.75) is 43.1 Å². The first-order valence-electron chi connectivity index (χ1n) is 11.7. The molecule has 0 fully saturated rings. The summed E-state index contributed by atoms with van der Waals surface area (Å²) in [5.41, 5.74) is 23.4. The predicted octanol–water partition coefficient (Wildman–Crippen LogP) is 1.43. The maximum absolute atomic E-state index is 13.3. The molecule has 1 heterocycles. The lowest BCUT2D eigenvalue weighted by Gasteiger charge is -2.29. The average molecular weight is 517 g/mol. The molecule has 0 aliphatic rings. The van der Waals surface area contributed by atoms with Crippen molar-refractivity contribution in [1.29, 1.82) is 0 Å². The number of aromatic nitrogens is 1. The van der Waals surface area contributed by atoms with Gasteiger partial charge in [-0.15, -0.1) is 0 Å². The second-order valence-electron chi connectivity index (χ2n) is 9.22. The Morgan fingerprint density at radius 1 is 0.973 bits per heavy atom. The third-order valence-electron chi connectivity index (χ3n) is 6.23. The SMILES string of the molecule is NCC(N)(CN)C[C@H](N)C(=O)N[C@H](Cc1ccc(C(F)(F)F)cc1)C(=O)Cc1cnc2ccccc2c1. The number of alkyl halides is 3. The molecule has 3 aromatic rings. The summed E-state index contributed by atoms with van der Waals surface area (Å²) < 4.78 is 38.9. The molecule has 0 radical (unpaired) electrons. The summed E-state index contributed by atoms with van der Waals surface area (Å²) in [6, 6.07) is 11.5. The average Bonchev–Trinajstić information content (AvgIpc) is 2.87. The topological polar surface area (TPSA) is 163 Å². The zero-order valence-corrected chi connectivity index (χ0v) is 20.2. The Hall–Kier alpha value is -3.38. The minimum absolute atomic E-state index is 0.00730. The van der Waals surface area contributed by atoms with Crippen LogP contribution in [0.15, 0.2) is 60.8 Å². The highest BCUT2D eigenvalue weighted by Gasteiger charge is 2.32. The predicted molar refractivity (Wildman–Crippen MR) is 135 cm³/mol. The third kappa shape index (κ3) is 7.56. The molecule has 0 aliphatic carbocycles. The van der Waals surface area contributed by atoms with E-state index in [4.69, 9.17) is 22.9 Å². The molecule has 198 valence electrons. The van der Waals surface area contributed by atoms with Crippen LogP contribution in [0.4, 0.5) is 13.2 Å². The molecule has 0 saturated heterocycles. The summed E-state index contributed by atoms with van der Waals surface area (Å²) in [5.74, 6) is -0.993. The zero-order valence-electron chi connectivity index (χ0n) is 20.2. The number of ketones is 1. The molecule has 3 rings (SSSR count). The van der Waals surface area contributed by atoms with Crippen molar-refractivity contribution in [3.8, 4) is 0 Å². The van der Waals surface area contributed by atoms with E-state index in [1.807, 2.05) is 30.3 Å². The molecule has 1 amide bonds. The Morgan fingerprint density at radius 3 is 2.24 bits per heavy atom. The van der Waals surface area contributed by atoms with E-state index in [0.717, 1.165) is 23.0 Å². The number of amides is 1. The second-order valence-corrected chi connectivity index (χ2v) is 9.22. The largest absolute Gasteiger partial charge is 0.416 e. The molecule has 9 N–H and O–H groups in total. The van der Waals surface area contributed by atoms with E-state index in [0.29, 0.717) is 11.1 Å². The lowest BCUT2D eigenvalue weighted by Crippen LogP contribution is -2.59. The number of pyridine rings is 1. The summed E-state index contributed by atoms with van der Waals surface area (Å²) >= 11 is 0. The summed E-state index contributed by atoms with van der Waals surface area (Å²) in [6.45, 7) is 0.0146. The fourth-order valence-corrected chi connectivity index (χ4v) is 3.91. The molecule has 2 aromatic carbocycles. The van der Waals surface area contributed by atoms with Crippen LogP contribution in [0.3, 0.4) is 0 Å². The Labute approximate surface area is 212 Å². The molecule has 8 nitrogen and oxygen atoms in total. The van der Waals surface area contributed by atoms with Crippen LogP contribution in [-0.2, 0) is 28.6 Å². The first kappa shape index (κ1) is 28.2. The van der Waals surface area contributed by atoms with Crippen molar-refractivity contribution in [3.05, 3.63) is 77.5 Å². The van der Waals surface area contributed by atoms with Crippen molar-refractivity contribution in [1.82, 2.24) is 10.3 Å². The van der Waals surface area contributed by atoms with Crippen molar-refractivity contribution in [2.75, 3.05) is 13.1 Å². The van der Waals surface area contributed by atoms with Gasteiger partial charge >= 0.3 is 6.18 Å². The number of rotatable bonds is 11. The Kier molecular flexibility index (Phi) is 8.98. The lowest BCUT2D eigenvalue weighted by atomic mass is 9.91. The number of carbonyl (C=O) groups excluding carboxylic acids is 2. The number of carbonyl (C=O) groups is 2. The van der Waals surface area contributed by atoms with E-state index in [2.05, 4.69) is 10.3 Å². The molecule has 0 saturated carbocycles. The van der Waals surface area contributed by atoms with E-state index in [-0.39, 0.29) is 38.1 Å². The number of hydrogen-bond donors (Lipinski definition) is 5. The van der Waals surface area contributed by atoms with Crippen molar-refractivity contribution >= 4 is 22.6 Å². The molecular formula is C26H31F3N6O2.